The van der Waals surface area contributed by atoms with Crippen LogP contribution in [0.3, 0.4) is 0 Å². The second-order valence-electron chi connectivity index (χ2n) is 5.45. The first-order chi connectivity index (χ1) is 9.70. The van der Waals surface area contributed by atoms with Gasteiger partial charge in [-0.1, -0.05) is 43.6 Å². The normalized spacial score (nSPS) is 17.8. The van der Waals surface area contributed by atoms with Crippen LogP contribution in [0.25, 0.3) is 0 Å². The van der Waals surface area contributed by atoms with Crippen molar-refractivity contribution in [3.05, 3.63) is 29.8 Å². The van der Waals surface area contributed by atoms with Crippen LogP contribution in [-0.2, 0) is 15.3 Å². The molecule has 0 unspecified atom stereocenters. The van der Waals surface area contributed by atoms with E-state index in [1.165, 1.54) is 5.46 Å². The molecular formula is C16H26BNO2. The van der Waals surface area contributed by atoms with Gasteiger partial charge in [0, 0.05) is 12.0 Å². The van der Waals surface area contributed by atoms with Crippen LogP contribution in [0.1, 0.15) is 32.3 Å². The fourth-order valence-corrected chi connectivity index (χ4v) is 2.79. The van der Waals surface area contributed by atoms with Crippen LogP contribution in [0.2, 0.25) is 0 Å². The standard InChI is InChI=1S/C16H26BNO2/c1-3-18(4-2)11-5-10-16(19-12-13-20-16)14-6-8-15(17)9-7-14/h6-9H,3-5,10-13,17H2,1-2H3. The summed E-state index contributed by atoms with van der Waals surface area (Å²) in [4.78, 5) is 2.44. The first kappa shape index (κ1) is 15.6. The Morgan fingerprint density at radius 3 is 2.25 bits per heavy atom. The zero-order valence-electron chi connectivity index (χ0n) is 13.0. The number of hydrogen-bond acceptors (Lipinski definition) is 3. The van der Waals surface area contributed by atoms with Crippen LogP contribution in [0, 0.1) is 0 Å². The van der Waals surface area contributed by atoms with E-state index in [1.54, 1.807) is 0 Å². The number of nitrogens with zero attached hydrogens (tertiary/aromatic N) is 1. The molecular weight excluding hydrogens is 249 g/mol. The summed E-state index contributed by atoms with van der Waals surface area (Å²) in [6.45, 7) is 9.13. The molecule has 4 heteroatoms. The van der Waals surface area contributed by atoms with Gasteiger partial charge in [0.25, 0.3) is 0 Å². The quantitative estimate of drug-likeness (QED) is 0.699. The van der Waals surface area contributed by atoms with Crippen LogP contribution in [0.5, 0.6) is 0 Å². The van der Waals surface area contributed by atoms with Crippen LogP contribution in [0.15, 0.2) is 24.3 Å². The molecule has 1 saturated heterocycles. The molecule has 1 aliphatic heterocycles. The Labute approximate surface area is 123 Å². The Morgan fingerprint density at radius 2 is 1.70 bits per heavy atom. The topological polar surface area (TPSA) is 21.7 Å². The van der Waals surface area contributed by atoms with Crippen molar-refractivity contribution in [1.82, 2.24) is 4.90 Å². The molecule has 1 aromatic carbocycles. The van der Waals surface area contributed by atoms with Crippen LogP contribution in [-0.4, -0.2) is 45.6 Å². The summed E-state index contributed by atoms with van der Waals surface area (Å²) in [6.07, 6.45) is 2.02. The van der Waals surface area contributed by atoms with Crippen molar-refractivity contribution in [3.8, 4) is 0 Å². The zero-order valence-corrected chi connectivity index (χ0v) is 13.0. The minimum Gasteiger partial charge on any atom is -0.343 e. The van der Waals surface area contributed by atoms with Gasteiger partial charge in [0.05, 0.1) is 13.2 Å². The molecule has 0 N–H and O–H groups in total. The zero-order chi connectivity index (χ0) is 14.4. The Balaban J connectivity index is 2.01. The van der Waals surface area contributed by atoms with Gasteiger partial charge in [0.1, 0.15) is 7.85 Å². The number of benzene rings is 1. The van der Waals surface area contributed by atoms with E-state index >= 15 is 0 Å². The summed E-state index contributed by atoms with van der Waals surface area (Å²) >= 11 is 0. The summed E-state index contributed by atoms with van der Waals surface area (Å²) in [5, 5.41) is 0. The summed E-state index contributed by atoms with van der Waals surface area (Å²) in [6, 6.07) is 8.54. The lowest BCUT2D eigenvalue weighted by Gasteiger charge is -2.29. The van der Waals surface area contributed by atoms with Gasteiger partial charge in [-0.05, 0) is 26.1 Å². The number of hydrogen-bond donors (Lipinski definition) is 0. The Hall–Kier alpha value is -0.835. The average Bonchev–Trinajstić information content (AvgIpc) is 2.94. The summed E-state index contributed by atoms with van der Waals surface area (Å²) in [7, 11) is 2.10. The van der Waals surface area contributed by atoms with Gasteiger partial charge in [0.15, 0.2) is 5.79 Å². The number of rotatable bonds is 7. The highest BCUT2D eigenvalue weighted by molar-refractivity contribution is 6.32. The number of ether oxygens (including phenoxy) is 2. The summed E-state index contributed by atoms with van der Waals surface area (Å²) < 4.78 is 11.9. The predicted molar refractivity (Wildman–Crippen MR) is 85.2 cm³/mol. The van der Waals surface area contributed by atoms with E-state index in [-0.39, 0.29) is 0 Å². The molecule has 0 spiro atoms. The molecule has 1 fully saturated rings. The predicted octanol–water partition coefficient (Wildman–Crippen LogP) is 1.27. The second kappa shape index (κ2) is 7.25. The van der Waals surface area contributed by atoms with E-state index in [2.05, 4.69) is 50.9 Å². The lowest BCUT2D eigenvalue weighted by atomic mass is 9.92. The largest absolute Gasteiger partial charge is 0.343 e. The van der Waals surface area contributed by atoms with Crippen molar-refractivity contribution in [1.29, 1.82) is 0 Å². The molecule has 20 heavy (non-hydrogen) atoms. The van der Waals surface area contributed by atoms with Crippen LogP contribution >= 0.6 is 0 Å². The van der Waals surface area contributed by atoms with Gasteiger partial charge in [-0.2, -0.15) is 0 Å². The van der Waals surface area contributed by atoms with Gasteiger partial charge in [-0.3, -0.25) is 0 Å². The molecule has 0 aliphatic carbocycles. The van der Waals surface area contributed by atoms with Crippen molar-refractivity contribution < 1.29 is 9.47 Å². The van der Waals surface area contributed by atoms with Crippen LogP contribution in [0.4, 0.5) is 0 Å². The maximum absolute atomic E-state index is 5.97. The molecule has 1 aliphatic rings. The third kappa shape index (κ3) is 3.63. The lowest BCUT2D eigenvalue weighted by molar-refractivity contribution is -0.172. The minimum absolute atomic E-state index is 0.513. The van der Waals surface area contributed by atoms with Gasteiger partial charge < -0.3 is 14.4 Å². The van der Waals surface area contributed by atoms with Gasteiger partial charge >= 0.3 is 0 Å². The highest BCUT2D eigenvalue weighted by Gasteiger charge is 2.37. The van der Waals surface area contributed by atoms with Crippen molar-refractivity contribution in [3.63, 3.8) is 0 Å². The molecule has 0 bridgehead atoms. The molecule has 3 nitrogen and oxygen atoms in total. The monoisotopic (exact) mass is 275 g/mol. The molecule has 1 aromatic rings. The summed E-state index contributed by atoms with van der Waals surface area (Å²) in [5.74, 6) is -0.513. The Bertz CT molecular complexity index is 397. The maximum atomic E-state index is 5.97. The second-order valence-corrected chi connectivity index (χ2v) is 5.45. The molecule has 110 valence electrons. The molecule has 0 radical (unpaired) electrons. The molecule has 0 aromatic heterocycles. The average molecular weight is 275 g/mol. The van der Waals surface area contributed by atoms with E-state index in [0.717, 1.165) is 38.0 Å². The molecule has 0 saturated carbocycles. The van der Waals surface area contributed by atoms with Crippen LogP contribution < -0.4 is 5.46 Å². The van der Waals surface area contributed by atoms with E-state index in [4.69, 9.17) is 9.47 Å². The molecule has 1 heterocycles. The molecule has 2 rings (SSSR count). The first-order valence-corrected chi connectivity index (χ1v) is 7.77. The highest BCUT2D eigenvalue weighted by Crippen LogP contribution is 2.35. The smallest absolute Gasteiger partial charge is 0.195 e. The van der Waals surface area contributed by atoms with Crippen molar-refractivity contribution in [2.75, 3.05) is 32.8 Å². The molecule has 0 amide bonds. The molecule has 0 atom stereocenters. The van der Waals surface area contributed by atoms with Crippen molar-refractivity contribution in [2.24, 2.45) is 0 Å². The van der Waals surface area contributed by atoms with E-state index in [0.29, 0.717) is 13.2 Å². The first-order valence-electron chi connectivity index (χ1n) is 7.77. The Morgan fingerprint density at radius 1 is 1.10 bits per heavy atom. The fourth-order valence-electron chi connectivity index (χ4n) is 2.79. The van der Waals surface area contributed by atoms with E-state index in [1.807, 2.05) is 0 Å². The highest BCUT2D eigenvalue weighted by atomic mass is 16.7. The maximum Gasteiger partial charge on any atom is 0.195 e. The van der Waals surface area contributed by atoms with Crippen molar-refractivity contribution >= 4 is 13.3 Å². The van der Waals surface area contributed by atoms with Crippen molar-refractivity contribution in [2.45, 2.75) is 32.5 Å². The lowest BCUT2D eigenvalue weighted by Crippen LogP contribution is -2.30. The SMILES string of the molecule is Bc1ccc(C2(CCCN(CC)CC)OCCO2)cc1. The van der Waals surface area contributed by atoms with Gasteiger partial charge in [-0.25, -0.2) is 0 Å². The Kier molecular flexibility index (Phi) is 5.64. The van der Waals surface area contributed by atoms with E-state index < -0.39 is 5.79 Å². The van der Waals surface area contributed by atoms with E-state index in [9.17, 15) is 0 Å². The minimum atomic E-state index is -0.513. The summed E-state index contributed by atoms with van der Waals surface area (Å²) in [5.41, 5.74) is 2.42. The third-order valence-electron chi connectivity index (χ3n) is 4.12. The van der Waals surface area contributed by atoms with Gasteiger partial charge in [0.2, 0.25) is 0 Å². The van der Waals surface area contributed by atoms with Gasteiger partial charge in [-0.15, -0.1) is 0 Å². The fraction of sp³-hybridized carbons (Fsp3) is 0.625. The third-order valence-corrected chi connectivity index (χ3v) is 4.12.